The Kier molecular flexibility index (Phi) is 8.46. The molecule has 0 saturated heterocycles. The molecule has 4 heterocycles. The average Bonchev–Trinajstić information content (AvgIpc) is 3.06. The van der Waals surface area contributed by atoms with Crippen LogP contribution in [0.25, 0.3) is 22.5 Å². The largest absolute Gasteiger partial charge is 0.385 e. The van der Waals surface area contributed by atoms with Crippen molar-refractivity contribution in [1.29, 1.82) is 0 Å². The molecule has 0 saturated carbocycles. The van der Waals surface area contributed by atoms with Gasteiger partial charge in [-0.05, 0) is 71.7 Å². The molecular formula is C39H33BIrN4-2. The van der Waals surface area contributed by atoms with Crippen molar-refractivity contribution < 1.29 is 20.1 Å². The van der Waals surface area contributed by atoms with Gasteiger partial charge >= 0.3 is 0 Å². The summed E-state index contributed by atoms with van der Waals surface area (Å²) in [5.41, 5.74) is 16.8. The van der Waals surface area contributed by atoms with Gasteiger partial charge in [-0.3, -0.25) is 0 Å². The fourth-order valence-electron chi connectivity index (χ4n) is 6.43. The summed E-state index contributed by atoms with van der Waals surface area (Å²) in [4.78, 5) is 13.7. The number of aryl methyl sites for hydroxylation is 3. The number of benzene rings is 4. The first-order valence-corrected chi connectivity index (χ1v) is 15.0. The van der Waals surface area contributed by atoms with Gasteiger partial charge in [0.1, 0.15) is 0 Å². The van der Waals surface area contributed by atoms with Gasteiger partial charge in [0, 0.05) is 63.7 Å². The van der Waals surface area contributed by atoms with E-state index in [1.54, 1.807) is 0 Å². The van der Waals surface area contributed by atoms with Gasteiger partial charge in [-0.15, -0.1) is 64.6 Å². The number of anilines is 4. The van der Waals surface area contributed by atoms with E-state index in [1.807, 2.05) is 36.7 Å². The Bertz CT molecular complexity index is 1990. The molecule has 2 aromatic heterocycles. The van der Waals surface area contributed by atoms with Crippen molar-refractivity contribution in [1.82, 2.24) is 9.97 Å². The van der Waals surface area contributed by atoms with Crippen molar-refractivity contribution in [2.24, 2.45) is 0 Å². The van der Waals surface area contributed by atoms with Gasteiger partial charge < -0.3 is 19.8 Å². The minimum Gasteiger partial charge on any atom is -0.385 e. The molecule has 0 atom stereocenters. The number of fused-ring (bicyclic) bond motifs is 4. The molecule has 0 N–H and O–H groups in total. The second-order valence-electron chi connectivity index (χ2n) is 11.6. The van der Waals surface area contributed by atoms with Crippen LogP contribution in [0.15, 0.2) is 109 Å². The predicted molar refractivity (Wildman–Crippen MR) is 185 cm³/mol. The molecule has 0 unspecified atom stereocenters. The van der Waals surface area contributed by atoms with Crippen LogP contribution < -0.4 is 26.2 Å². The van der Waals surface area contributed by atoms with Gasteiger partial charge in [0.05, 0.1) is 0 Å². The number of aromatic nitrogens is 2. The predicted octanol–water partition coefficient (Wildman–Crippen LogP) is 6.70. The number of hydrogen-bond donors (Lipinski definition) is 0. The monoisotopic (exact) mass is 761 g/mol. The number of nitrogens with zero attached hydrogens (tertiary/aromatic N) is 4. The summed E-state index contributed by atoms with van der Waals surface area (Å²) < 4.78 is 0. The van der Waals surface area contributed by atoms with E-state index in [4.69, 9.17) is 0 Å². The van der Waals surface area contributed by atoms with Crippen LogP contribution in [0.2, 0.25) is 0 Å². The maximum atomic E-state index is 4.62. The summed E-state index contributed by atoms with van der Waals surface area (Å²) in [6, 6.07) is 40.7. The summed E-state index contributed by atoms with van der Waals surface area (Å²) in [6.45, 7) is 6.45. The summed E-state index contributed by atoms with van der Waals surface area (Å²) in [6.07, 6.45) is 3.76. The molecule has 2 aliphatic rings. The Morgan fingerprint density at radius 2 is 1.42 bits per heavy atom. The van der Waals surface area contributed by atoms with Crippen molar-refractivity contribution in [3.05, 3.63) is 138 Å². The fraction of sp³-hybridized carbons (Fsp3) is 0.128. The molecule has 0 spiro atoms. The molecule has 4 nitrogen and oxygen atoms in total. The van der Waals surface area contributed by atoms with E-state index in [-0.39, 0.29) is 26.8 Å². The van der Waals surface area contributed by atoms with Gasteiger partial charge in [-0.1, -0.05) is 55.0 Å². The second-order valence-corrected chi connectivity index (χ2v) is 11.6. The average molecular weight is 761 g/mol. The zero-order chi connectivity index (χ0) is 30.4. The molecule has 0 amide bonds. The third kappa shape index (κ3) is 5.39. The first-order valence-electron chi connectivity index (χ1n) is 15.0. The van der Waals surface area contributed by atoms with Crippen LogP contribution in [-0.2, 0) is 20.1 Å². The number of pyridine rings is 2. The number of hydrogen-bond acceptors (Lipinski definition) is 4. The minimum absolute atomic E-state index is 0. The molecule has 1 radical (unpaired) electrons. The Balaban J connectivity index is 0.000000190. The van der Waals surface area contributed by atoms with E-state index in [9.17, 15) is 0 Å². The molecule has 45 heavy (non-hydrogen) atoms. The van der Waals surface area contributed by atoms with Gasteiger partial charge in [-0.2, -0.15) is 0 Å². The van der Waals surface area contributed by atoms with Crippen molar-refractivity contribution in [2.45, 2.75) is 20.8 Å². The summed E-state index contributed by atoms with van der Waals surface area (Å²) in [5, 5.41) is 0. The summed E-state index contributed by atoms with van der Waals surface area (Å²) >= 11 is 0. The summed E-state index contributed by atoms with van der Waals surface area (Å²) in [7, 11) is 4.32. The van der Waals surface area contributed by atoms with Crippen molar-refractivity contribution in [3.8, 4) is 22.5 Å². The first kappa shape index (κ1) is 30.5. The molecule has 8 rings (SSSR count). The SMILES string of the molecule is CN1c2ccccc2B2c3cc[c-]c(-c4ccccn4)c3N(C)c3cccc1c32.Cc1c[c-]c(-c2cc(C)c(C)cn2)cc1.[Ir]. The Hall–Kier alpha value is -4.51. The van der Waals surface area contributed by atoms with Crippen LogP contribution in [0.1, 0.15) is 16.7 Å². The molecule has 6 heteroatoms. The Morgan fingerprint density at radius 3 is 2.16 bits per heavy atom. The van der Waals surface area contributed by atoms with E-state index in [2.05, 4.69) is 140 Å². The smallest absolute Gasteiger partial charge is 0.233 e. The normalized spacial score (nSPS) is 12.2. The van der Waals surface area contributed by atoms with Gasteiger partial charge in [-0.25, -0.2) is 0 Å². The fourth-order valence-corrected chi connectivity index (χ4v) is 6.43. The first-order chi connectivity index (χ1) is 21.4. The maximum Gasteiger partial charge on any atom is 0.233 e. The number of rotatable bonds is 2. The topological polar surface area (TPSA) is 32.3 Å². The van der Waals surface area contributed by atoms with Crippen LogP contribution in [0.3, 0.4) is 0 Å². The molecule has 223 valence electrons. The van der Waals surface area contributed by atoms with Crippen LogP contribution in [0.4, 0.5) is 22.7 Å². The van der Waals surface area contributed by atoms with E-state index in [0.29, 0.717) is 0 Å². The molecule has 0 fully saturated rings. The quantitative estimate of drug-likeness (QED) is 0.146. The van der Waals surface area contributed by atoms with E-state index < -0.39 is 0 Å². The summed E-state index contributed by atoms with van der Waals surface area (Å²) in [5.74, 6) is 0. The molecule has 0 bridgehead atoms. The van der Waals surface area contributed by atoms with Crippen LogP contribution in [0, 0.1) is 32.9 Å². The Labute approximate surface area is 280 Å². The van der Waals surface area contributed by atoms with E-state index in [1.165, 1.54) is 55.8 Å². The molecule has 4 aromatic carbocycles. The third-order valence-corrected chi connectivity index (χ3v) is 8.87. The molecule has 6 aromatic rings. The van der Waals surface area contributed by atoms with Gasteiger partial charge in [0.2, 0.25) is 6.71 Å². The Morgan fingerprint density at radius 1 is 0.667 bits per heavy atom. The van der Waals surface area contributed by atoms with Crippen molar-refractivity contribution >= 4 is 45.9 Å². The zero-order valence-corrected chi connectivity index (χ0v) is 28.5. The third-order valence-electron chi connectivity index (χ3n) is 8.87. The molecular weight excluding hydrogens is 727 g/mol. The van der Waals surface area contributed by atoms with Crippen LogP contribution in [-0.4, -0.2) is 30.8 Å². The number of para-hydroxylation sites is 1. The van der Waals surface area contributed by atoms with E-state index >= 15 is 0 Å². The van der Waals surface area contributed by atoms with E-state index in [0.717, 1.165) is 22.5 Å². The van der Waals surface area contributed by atoms with Gasteiger partial charge in [0.25, 0.3) is 0 Å². The minimum atomic E-state index is 0. The maximum absolute atomic E-state index is 4.62. The van der Waals surface area contributed by atoms with Crippen LogP contribution in [0.5, 0.6) is 0 Å². The standard InChI is InChI=1S/C25H19BN3.C14H14N.Ir/c1-28-21-13-4-3-10-18(21)26-19-11-7-9-17(20-12-5-6-16-27-20)25(19)29(2)23-15-8-14-22(28)24(23)26;1-10-4-6-13(7-5-10)14-8-11(2)12(3)9-15-14;/h3-8,10-16H,1-2H3;4-6,8-9H,1-3H3;/q2*-1;. The molecule has 0 aliphatic carbocycles. The molecule has 2 aliphatic heterocycles. The zero-order valence-electron chi connectivity index (χ0n) is 26.1. The van der Waals surface area contributed by atoms with Crippen LogP contribution >= 0.6 is 0 Å². The van der Waals surface area contributed by atoms with Gasteiger partial charge in [0.15, 0.2) is 0 Å². The van der Waals surface area contributed by atoms with Crippen molar-refractivity contribution in [2.75, 3.05) is 23.9 Å². The second kappa shape index (κ2) is 12.5. The van der Waals surface area contributed by atoms with Crippen molar-refractivity contribution in [3.63, 3.8) is 0 Å².